The van der Waals surface area contributed by atoms with Crippen LogP contribution in [0.5, 0.6) is 0 Å². The highest BCUT2D eigenvalue weighted by Gasteiger charge is 2.33. The molecule has 0 atom stereocenters. The van der Waals surface area contributed by atoms with Crippen LogP contribution in [0, 0.1) is 6.92 Å². The van der Waals surface area contributed by atoms with E-state index in [1.54, 1.807) is 6.92 Å². The largest absolute Gasteiger partial charge is 0.446 e. The van der Waals surface area contributed by atoms with Crippen LogP contribution < -0.4 is 5.32 Å². The van der Waals surface area contributed by atoms with Gasteiger partial charge in [-0.3, -0.25) is 14.5 Å². The highest BCUT2D eigenvalue weighted by molar-refractivity contribution is 8.00. The Labute approximate surface area is 134 Å². The summed E-state index contributed by atoms with van der Waals surface area (Å²) in [5.41, 5.74) is -3.81. The first-order valence-electron chi connectivity index (χ1n) is 6.53. The summed E-state index contributed by atoms with van der Waals surface area (Å²) in [6, 6.07) is 4.28. The van der Waals surface area contributed by atoms with Crippen LogP contribution in [-0.4, -0.2) is 40.5 Å². The standard InChI is InChI=1S/C14H13F3N2O3S/c1-8-2-3-11(23-14(15,16)17)9(6-8)18-10-7-12(21)19(4-5-20)13(10)22/h2-3,6-7,18,20H,4-5H2,1H3. The zero-order valence-electron chi connectivity index (χ0n) is 12.0. The lowest BCUT2D eigenvalue weighted by Crippen LogP contribution is -2.34. The average Bonchev–Trinajstić information content (AvgIpc) is 2.69. The smallest absolute Gasteiger partial charge is 0.395 e. The van der Waals surface area contributed by atoms with Gasteiger partial charge in [0.05, 0.1) is 18.8 Å². The monoisotopic (exact) mass is 346 g/mol. The van der Waals surface area contributed by atoms with Crippen molar-refractivity contribution in [3.8, 4) is 0 Å². The second kappa shape index (κ2) is 6.63. The maximum absolute atomic E-state index is 12.6. The molecule has 0 fully saturated rings. The van der Waals surface area contributed by atoms with Gasteiger partial charge in [-0.25, -0.2) is 0 Å². The van der Waals surface area contributed by atoms with Gasteiger partial charge < -0.3 is 10.4 Å². The molecule has 9 heteroatoms. The van der Waals surface area contributed by atoms with Gasteiger partial charge in [0.2, 0.25) is 0 Å². The van der Waals surface area contributed by atoms with E-state index < -0.39 is 23.9 Å². The number of nitrogens with zero attached hydrogens (tertiary/aromatic N) is 1. The number of benzene rings is 1. The molecule has 5 nitrogen and oxygen atoms in total. The molecule has 1 aliphatic rings. The molecule has 2 N–H and O–H groups in total. The Morgan fingerprint density at radius 2 is 2.00 bits per heavy atom. The number of carbonyl (C=O) groups excluding carboxylic acids is 2. The molecule has 124 valence electrons. The van der Waals surface area contributed by atoms with Crippen molar-refractivity contribution in [3.05, 3.63) is 35.5 Å². The maximum Gasteiger partial charge on any atom is 0.446 e. The summed E-state index contributed by atoms with van der Waals surface area (Å²) in [4.78, 5) is 24.4. The van der Waals surface area contributed by atoms with E-state index in [4.69, 9.17) is 5.11 Å². The number of aliphatic hydroxyl groups is 1. The molecule has 0 bridgehead atoms. The molecule has 0 saturated carbocycles. The number of aliphatic hydroxyl groups excluding tert-OH is 1. The van der Waals surface area contributed by atoms with Gasteiger partial charge in [-0.05, 0) is 36.4 Å². The number of hydrogen-bond acceptors (Lipinski definition) is 5. The molecule has 2 amide bonds. The molecule has 0 saturated heterocycles. The van der Waals surface area contributed by atoms with E-state index in [0.29, 0.717) is 5.56 Å². The average molecular weight is 346 g/mol. The lowest BCUT2D eigenvalue weighted by Gasteiger charge is -2.16. The first kappa shape index (κ1) is 17.4. The van der Waals surface area contributed by atoms with Crippen molar-refractivity contribution in [1.29, 1.82) is 0 Å². The van der Waals surface area contributed by atoms with Crippen LogP contribution in [0.4, 0.5) is 18.9 Å². The predicted molar refractivity (Wildman–Crippen MR) is 78.6 cm³/mol. The van der Waals surface area contributed by atoms with Crippen LogP contribution in [0.2, 0.25) is 0 Å². The first-order chi connectivity index (χ1) is 10.7. The topological polar surface area (TPSA) is 69.6 Å². The van der Waals surface area contributed by atoms with Crippen LogP contribution in [0.1, 0.15) is 5.56 Å². The van der Waals surface area contributed by atoms with Gasteiger partial charge in [0.1, 0.15) is 5.70 Å². The minimum atomic E-state index is -4.47. The number of nitrogens with one attached hydrogen (secondary N) is 1. The Bertz CT molecular complexity index is 674. The third kappa shape index (κ3) is 4.26. The molecule has 1 aliphatic heterocycles. The van der Waals surface area contributed by atoms with Crippen molar-refractivity contribution in [3.63, 3.8) is 0 Å². The number of aryl methyl sites for hydroxylation is 1. The molecule has 0 aromatic heterocycles. The van der Waals surface area contributed by atoms with Gasteiger partial charge in [0, 0.05) is 11.0 Å². The number of β-amino-alcohol motifs (C(OH)–C–C–N with tert-alkyl or cyclic N) is 1. The Balaban J connectivity index is 2.26. The summed E-state index contributed by atoms with van der Waals surface area (Å²) in [6.07, 6.45) is 1.00. The van der Waals surface area contributed by atoms with E-state index in [0.717, 1.165) is 11.0 Å². The number of anilines is 1. The fourth-order valence-electron chi connectivity index (χ4n) is 2.01. The van der Waals surface area contributed by atoms with Gasteiger partial charge in [-0.2, -0.15) is 13.2 Å². The van der Waals surface area contributed by atoms with Crippen LogP contribution in [0.15, 0.2) is 34.9 Å². The van der Waals surface area contributed by atoms with Crippen LogP contribution in [0.25, 0.3) is 0 Å². The van der Waals surface area contributed by atoms with E-state index in [9.17, 15) is 22.8 Å². The molecular weight excluding hydrogens is 333 g/mol. The third-order valence-corrected chi connectivity index (χ3v) is 3.77. The number of hydrogen-bond donors (Lipinski definition) is 2. The molecule has 2 rings (SSSR count). The highest BCUT2D eigenvalue weighted by Crippen LogP contribution is 2.41. The molecule has 1 heterocycles. The fraction of sp³-hybridized carbons (Fsp3) is 0.286. The SMILES string of the molecule is Cc1ccc(SC(F)(F)F)c(NC2=CC(=O)N(CCO)C2=O)c1. The van der Waals surface area contributed by atoms with E-state index in [1.165, 1.54) is 18.2 Å². The Morgan fingerprint density at radius 1 is 1.30 bits per heavy atom. The fourth-order valence-corrected chi connectivity index (χ4v) is 2.62. The first-order valence-corrected chi connectivity index (χ1v) is 7.34. The minimum Gasteiger partial charge on any atom is -0.395 e. The zero-order chi connectivity index (χ0) is 17.2. The van der Waals surface area contributed by atoms with Crippen molar-refractivity contribution in [2.75, 3.05) is 18.5 Å². The molecule has 1 aromatic rings. The van der Waals surface area contributed by atoms with E-state index in [-0.39, 0.29) is 34.6 Å². The molecular formula is C14H13F3N2O3S. The molecule has 0 spiro atoms. The third-order valence-electron chi connectivity index (χ3n) is 2.96. The van der Waals surface area contributed by atoms with Crippen LogP contribution in [0.3, 0.4) is 0 Å². The summed E-state index contributed by atoms with van der Waals surface area (Å²) in [6.45, 7) is 1.14. The minimum absolute atomic E-state index is 0.0885. The number of thioether (sulfide) groups is 1. The Hall–Kier alpha value is -2.00. The van der Waals surface area contributed by atoms with Gasteiger partial charge in [-0.15, -0.1) is 0 Å². The normalized spacial score (nSPS) is 15.2. The van der Waals surface area contributed by atoms with E-state index in [2.05, 4.69) is 5.32 Å². The van der Waals surface area contributed by atoms with Crippen molar-refractivity contribution in [2.45, 2.75) is 17.3 Å². The quantitative estimate of drug-likeness (QED) is 0.632. The van der Waals surface area contributed by atoms with E-state index in [1.807, 2.05) is 0 Å². The number of imide groups is 1. The van der Waals surface area contributed by atoms with E-state index >= 15 is 0 Å². The summed E-state index contributed by atoms with van der Waals surface area (Å²) in [5.74, 6) is -1.31. The number of amides is 2. The van der Waals surface area contributed by atoms with Crippen molar-refractivity contribution in [1.82, 2.24) is 4.90 Å². The zero-order valence-corrected chi connectivity index (χ0v) is 12.8. The second-order valence-corrected chi connectivity index (χ2v) is 5.86. The summed E-state index contributed by atoms with van der Waals surface area (Å²) < 4.78 is 37.8. The number of carbonyl (C=O) groups is 2. The van der Waals surface area contributed by atoms with Crippen molar-refractivity contribution < 1.29 is 27.9 Å². The summed E-state index contributed by atoms with van der Waals surface area (Å²) in [5, 5.41) is 11.4. The number of rotatable bonds is 5. The lowest BCUT2D eigenvalue weighted by molar-refractivity contribution is -0.137. The summed E-state index contributed by atoms with van der Waals surface area (Å²) >= 11 is -0.307. The van der Waals surface area contributed by atoms with Gasteiger partial charge in [-0.1, -0.05) is 6.07 Å². The molecule has 0 aliphatic carbocycles. The van der Waals surface area contributed by atoms with Crippen molar-refractivity contribution >= 4 is 29.3 Å². The number of halogens is 3. The van der Waals surface area contributed by atoms with Gasteiger partial charge in [0.25, 0.3) is 11.8 Å². The van der Waals surface area contributed by atoms with Crippen molar-refractivity contribution in [2.24, 2.45) is 0 Å². The number of alkyl halides is 3. The predicted octanol–water partition coefficient (Wildman–Crippen LogP) is 2.26. The highest BCUT2D eigenvalue weighted by atomic mass is 32.2. The van der Waals surface area contributed by atoms with Crippen LogP contribution in [-0.2, 0) is 9.59 Å². The molecule has 0 radical (unpaired) electrons. The maximum atomic E-state index is 12.6. The molecule has 1 aromatic carbocycles. The Kier molecular flexibility index (Phi) is 5.00. The van der Waals surface area contributed by atoms with Crippen LogP contribution >= 0.6 is 11.8 Å². The summed E-state index contributed by atoms with van der Waals surface area (Å²) in [7, 11) is 0. The van der Waals surface area contributed by atoms with Gasteiger partial charge >= 0.3 is 5.51 Å². The molecule has 23 heavy (non-hydrogen) atoms. The lowest BCUT2D eigenvalue weighted by atomic mass is 10.2. The Morgan fingerprint density at radius 3 is 2.61 bits per heavy atom. The molecule has 0 unspecified atom stereocenters. The second-order valence-electron chi connectivity index (χ2n) is 4.75. The van der Waals surface area contributed by atoms with Gasteiger partial charge in [0.15, 0.2) is 0 Å².